The van der Waals surface area contributed by atoms with Crippen LogP contribution in [0.25, 0.3) is 11.1 Å². The van der Waals surface area contributed by atoms with Gasteiger partial charge in [-0.15, -0.1) is 0 Å². The Morgan fingerprint density at radius 1 is 0.690 bits per heavy atom. The highest BCUT2D eigenvalue weighted by atomic mass is 16.6. The van der Waals surface area contributed by atoms with Crippen molar-refractivity contribution < 1.29 is 47.7 Å². The molecule has 17 heteroatoms. The Morgan fingerprint density at radius 3 is 2.07 bits per heavy atom. The number of carbonyl (C=O) groups excluding carboxylic acids is 6. The zero-order chi connectivity index (χ0) is 40.9. The van der Waals surface area contributed by atoms with E-state index in [2.05, 4.69) is 44.0 Å². The second-order valence-corrected chi connectivity index (χ2v) is 14.1. The molecule has 1 aliphatic carbocycles. The molecular weight excluding hydrogens is 750 g/mol. The van der Waals surface area contributed by atoms with E-state index in [1.807, 2.05) is 42.5 Å². The van der Waals surface area contributed by atoms with E-state index in [0.29, 0.717) is 6.61 Å². The first-order chi connectivity index (χ1) is 28.2. The number of carbonyl (C=O) groups is 6. The molecule has 17 nitrogen and oxygen atoms in total. The minimum absolute atomic E-state index is 0.0372. The summed E-state index contributed by atoms with van der Waals surface area (Å²) in [6.07, 6.45) is -1.14. The fourth-order valence-electron chi connectivity index (χ4n) is 7.16. The minimum atomic E-state index is -1.05. The van der Waals surface area contributed by atoms with Crippen molar-refractivity contribution in [3.63, 3.8) is 0 Å². The Hall–Kier alpha value is -5.88. The number of alkyl carbamates (subject to hydrolysis) is 1. The number of amides is 6. The number of nitrogens with two attached hydrogens (primary N) is 1. The van der Waals surface area contributed by atoms with Crippen molar-refractivity contribution in [1.82, 2.24) is 31.9 Å². The van der Waals surface area contributed by atoms with Crippen LogP contribution in [0.5, 0.6) is 0 Å². The molecule has 0 aromatic heterocycles. The van der Waals surface area contributed by atoms with Gasteiger partial charge < -0.3 is 56.6 Å². The van der Waals surface area contributed by atoms with E-state index in [4.69, 9.17) is 24.7 Å². The van der Waals surface area contributed by atoms with Crippen molar-refractivity contribution in [3.8, 4) is 11.1 Å². The molecule has 6 amide bonds. The van der Waals surface area contributed by atoms with Crippen molar-refractivity contribution in [2.45, 2.75) is 49.1 Å². The molecule has 2 aliphatic heterocycles. The van der Waals surface area contributed by atoms with Crippen LogP contribution in [0.1, 0.15) is 29.0 Å². The third-order valence-electron chi connectivity index (χ3n) is 10.0. The molecule has 2 fully saturated rings. The monoisotopic (exact) mass is 799 g/mol. The lowest BCUT2D eigenvalue weighted by Crippen LogP contribution is -2.53. The van der Waals surface area contributed by atoms with E-state index in [1.165, 1.54) is 0 Å². The number of hydrogen-bond acceptors (Lipinski definition) is 11. The van der Waals surface area contributed by atoms with Gasteiger partial charge in [0.2, 0.25) is 29.5 Å². The molecule has 5 atom stereocenters. The Labute approximate surface area is 335 Å². The molecular formula is C41H49N7O10. The highest BCUT2D eigenvalue weighted by molar-refractivity contribution is 5.93. The van der Waals surface area contributed by atoms with Gasteiger partial charge in [-0.05, 0) is 27.8 Å². The summed E-state index contributed by atoms with van der Waals surface area (Å²) in [7, 11) is 0. The van der Waals surface area contributed by atoms with Crippen LogP contribution in [0.2, 0.25) is 0 Å². The lowest BCUT2D eigenvalue weighted by Gasteiger charge is -2.20. The zero-order valence-corrected chi connectivity index (χ0v) is 31.9. The average molecular weight is 800 g/mol. The second kappa shape index (κ2) is 20.5. The van der Waals surface area contributed by atoms with Gasteiger partial charge in [-0.2, -0.15) is 0 Å². The van der Waals surface area contributed by atoms with Gasteiger partial charge in [0.05, 0.1) is 58.1 Å². The van der Waals surface area contributed by atoms with Crippen LogP contribution in [-0.4, -0.2) is 125 Å². The van der Waals surface area contributed by atoms with Crippen molar-refractivity contribution in [1.29, 1.82) is 0 Å². The molecule has 8 N–H and O–H groups in total. The van der Waals surface area contributed by atoms with E-state index in [0.717, 1.165) is 27.8 Å². The summed E-state index contributed by atoms with van der Waals surface area (Å²) in [6, 6.07) is 23.4. The third kappa shape index (κ3) is 11.4. The van der Waals surface area contributed by atoms with E-state index in [9.17, 15) is 28.8 Å². The molecule has 2 heterocycles. The molecule has 0 saturated carbocycles. The standard InChI is InChI=1S/C41H49N7O10/c42-31-23-56-39-33(24-57-38(31)39)48-37(52)21-46-40(53)32(18-25-8-2-1-3-9-25)47-36(51)20-45-35(50)19-44-34(49)14-16-55-17-15-43-41(54)58-22-30-28-12-6-4-10-26(28)27-11-5-7-13-29(27)30/h1-13,30-33,38-39H,14-24,42H2,(H,43,54)(H,44,49)(H,45,50)(H,46,53)(H,47,51)(H,48,52)/t31-,32-,33-,38+,39+/m0/s1. The third-order valence-corrected chi connectivity index (χ3v) is 10.0. The number of rotatable bonds is 19. The first kappa shape index (κ1) is 41.7. The van der Waals surface area contributed by atoms with E-state index < -0.39 is 54.3 Å². The highest BCUT2D eigenvalue weighted by Gasteiger charge is 2.46. The van der Waals surface area contributed by atoms with Crippen LogP contribution >= 0.6 is 0 Å². The number of hydrogen-bond donors (Lipinski definition) is 7. The maximum Gasteiger partial charge on any atom is 0.407 e. The van der Waals surface area contributed by atoms with Crippen LogP contribution in [0.15, 0.2) is 78.9 Å². The second-order valence-electron chi connectivity index (χ2n) is 14.1. The Morgan fingerprint density at radius 2 is 1.33 bits per heavy atom. The number of ether oxygens (including phenoxy) is 4. The average Bonchev–Trinajstić information content (AvgIpc) is 3.91. The van der Waals surface area contributed by atoms with Crippen molar-refractivity contribution in [2.24, 2.45) is 5.73 Å². The summed E-state index contributed by atoms with van der Waals surface area (Å²) in [5, 5.41) is 15.5. The first-order valence-electron chi connectivity index (χ1n) is 19.3. The van der Waals surface area contributed by atoms with E-state index in [-0.39, 0.29) is 83.1 Å². The van der Waals surface area contributed by atoms with Crippen LogP contribution in [0.4, 0.5) is 4.79 Å². The fraction of sp³-hybridized carbons (Fsp3) is 0.415. The molecule has 0 radical (unpaired) electrons. The first-order valence-corrected chi connectivity index (χ1v) is 19.3. The molecule has 308 valence electrons. The quantitative estimate of drug-likeness (QED) is 0.0772. The molecule has 58 heavy (non-hydrogen) atoms. The fourth-order valence-corrected chi connectivity index (χ4v) is 7.16. The summed E-state index contributed by atoms with van der Waals surface area (Å²) in [4.78, 5) is 75.5. The zero-order valence-electron chi connectivity index (χ0n) is 31.9. The van der Waals surface area contributed by atoms with Crippen molar-refractivity contribution in [3.05, 3.63) is 95.6 Å². The minimum Gasteiger partial charge on any atom is -0.449 e. The molecule has 3 aromatic carbocycles. The van der Waals surface area contributed by atoms with Gasteiger partial charge in [-0.25, -0.2) is 4.79 Å². The topological polar surface area (TPSA) is 238 Å². The maximum absolute atomic E-state index is 13.1. The number of benzene rings is 3. The number of fused-ring (bicyclic) bond motifs is 4. The normalized spacial score (nSPS) is 19.5. The lowest BCUT2D eigenvalue weighted by atomic mass is 9.98. The lowest BCUT2D eigenvalue weighted by molar-refractivity contribution is -0.131. The van der Waals surface area contributed by atoms with Crippen molar-refractivity contribution >= 4 is 35.6 Å². The predicted molar refractivity (Wildman–Crippen MR) is 209 cm³/mol. The van der Waals surface area contributed by atoms with E-state index in [1.54, 1.807) is 24.3 Å². The van der Waals surface area contributed by atoms with Gasteiger partial charge in [0.1, 0.15) is 24.9 Å². The Kier molecular flexibility index (Phi) is 14.8. The van der Waals surface area contributed by atoms with Gasteiger partial charge in [0.25, 0.3) is 0 Å². The van der Waals surface area contributed by atoms with Gasteiger partial charge in [0.15, 0.2) is 0 Å². The Bertz CT molecular complexity index is 1890. The van der Waals surface area contributed by atoms with E-state index >= 15 is 0 Å². The molecule has 3 aliphatic rings. The smallest absolute Gasteiger partial charge is 0.407 e. The largest absolute Gasteiger partial charge is 0.449 e. The van der Waals surface area contributed by atoms with Crippen LogP contribution in [0, 0.1) is 0 Å². The van der Waals surface area contributed by atoms with Gasteiger partial charge >= 0.3 is 6.09 Å². The SMILES string of the molecule is N[C@H]1CO[C@H]2[C@@H]1OC[C@@H]2NC(=O)CNC(=O)[C@H](Cc1ccccc1)NC(=O)CNC(=O)CNC(=O)CCOCCNC(=O)OCC1c2ccccc2-c2ccccc21. The summed E-state index contributed by atoms with van der Waals surface area (Å²) in [5.41, 5.74) is 11.2. The predicted octanol–water partition coefficient (Wildman–Crippen LogP) is -0.382. The Balaban J connectivity index is 0.825. The maximum atomic E-state index is 13.1. The molecule has 3 aromatic rings. The van der Waals surface area contributed by atoms with Crippen LogP contribution in [0.3, 0.4) is 0 Å². The van der Waals surface area contributed by atoms with Gasteiger partial charge in [-0.1, -0.05) is 78.9 Å². The van der Waals surface area contributed by atoms with Crippen LogP contribution < -0.4 is 37.6 Å². The van der Waals surface area contributed by atoms with Crippen LogP contribution in [-0.2, 0) is 49.3 Å². The molecule has 2 saturated heterocycles. The molecule has 0 bridgehead atoms. The molecule has 0 unspecified atom stereocenters. The number of nitrogens with one attached hydrogen (secondary N) is 6. The molecule has 6 rings (SSSR count). The highest BCUT2D eigenvalue weighted by Crippen LogP contribution is 2.44. The summed E-state index contributed by atoms with van der Waals surface area (Å²) >= 11 is 0. The van der Waals surface area contributed by atoms with Crippen molar-refractivity contribution in [2.75, 3.05) is 59.2 Å². The van der Waals surface area contributed by atoms with Gasteiger partial charge in [0, 0.05) is 25.3 Å². The van der Waals surface area contributed by atoms with Gasteiger partial charge in [-0.3, -0.25) is 24.0 Å². The summed E-state index contributed by atoms with van der Waals surface area (Å²) < 4.78 is 22.2. The summed E-state index contributed by atoms with van der Waals surface area (Å²) in [6.45, 7) is -0.0548. The summed E-state index contributed by atoms with van der Waals surface area (Å²) in [5.74, 6) is -2.83. The molecule has 0 spiro atoms.